The lowest BCUT2D eigenvalue weighted by atomic mass is 10.0. The van der Waals surface area contributed by atoms with E-state index >= 15 is 0 Å². The van der Waals surface area contributed by atoms with Crippen LogP contribution in [0.2, 0.25) is 0 Å². The zero-order valence-corrected chi connectivity index (χ0v) is 4.75. The minimum atomic E-state index is 0.550. The quantitative estimate of drug-likeness (QED) is 0.415. The maximum absolute atomic E-state index is 4.28. The van der Waals surface area contributed by atoms with Gasteiger partial charge in [0.2, 0.25) is 0 Å². The fourth-order valence-corrected chi connectivity index (χ4v) is 1.37. The van der Waals surface area contributed by atoms with E-state index in [1.807, 2.05) is 0 Å². The first kappa shape index (κ1) is 4.30. The summed E-state index contributed by atoms with van der Waals surface area (Å²) in [5, 5.41) is 0. The molecule has 8 heavy (non-hydrogen) atoms. The number of aliphatic imine (C=N–C) groups is 1. The maximum Gasteiger partial charge on any atom is 0.0681 e. The van der Waals surface area contributed by atoms with Gasteiger partial charge in [-0.25, -0.2) is 0 Å². The van der Waals surface area contributed by atoms with Crippen LogP contribution in [0.4, 0.5) is 0 Å². The van der Waals surface area contributed by atoms with Crippen LogP contribution in [-0.4, -0.2) is 12.3 Å². The molecule has 0 N–H and O–H groups in total. The van der Waals surface area contributed by atoms with E-state index < -0.39 is 0 Å². The van der Waals surface area contributed by atoms with Gasteiger partial charge in [-0.05, 0) is 25.0 Å². The molecule has 0 saturated heterocycles. The minimum Gasteiger partial charge on any atom is -0.290 e. The van der Waals surface area contributed by atoms with Crippen molar-refractivity contribution in [2.24, 2.45) is 10.9 Å². The molecule has 0 saturated carbocycles. The molecule has 1 heterocycles. The molecule has 0 spiro atoms. The first-order valence-electron chi connectivity index (χ1n) is 3.15. The monoisotopic (exact) mass is 107 g/mol. The summed E-state index contributed by atoms with van der Waals surface area (Å²) in [5.74, 6) is 0.831. The molecule has 2 bridgehead atoms. The lowest BCUT2D eigenvalue weighted by molar-refractivity contribution is 0.591. The van der Waals surface area contributed by atoms with Crippen LogP contribution in [0.5, 0.6) is 0 Å². The Balaban J connectivity index is 2.28. The molecule has 0 amide bonds. The van der Waals surface area contributed by atoms with Crippen LogP contribution in [0.1, 0.15) is 12.8 Å². The van der Waals surface area contributed by atoms with Gasteiger partial charge in [-0.2, -0.15) is 0 Å². The van der Waals surface area contributed by atoms with Crippen molar-refractivity contribution in [2.75, 3.05) is 0 Å². The van der Waals surface area contributed by atoms with Crippen molar-refractivity contribution in [1.82, 2.24) is 0 Å². The highest BCUT2D eigenvalue weighted by Gasteiger charge is 2.19. The van der Waals surface area contributed by atoms with Gasteiger partial charge in [0.25, 0.3) is 0 Å². The lowest BCUT2D eigenvalue weighted by Gasteiger charge is -2.10. The molecule has 1 nitrogen and oxygen atoms in total. The molecule has 1 heteroatoms. The maximum atomic E-state index is 4.28. The van der Waals surface area contributed by atoms with E-state index in [2.05, 4.69) is 23.4 Å². The Bertz CT molecular complexity index is 144. The predicted molar refractivity (Wildman–Crippen MR) is 34.1 cm³/mol. The number of rotatable bonds is 0. The average Bonchev–Trinajstić information content (AvgIpc) is 2.12. The second-order valence-electron chi connectivity index (χ2n) is 2.52. The molecule has 0 fully saturated rings. The van der Waals surface area contributed by atoms with Crippen molar-refractivity contribution in [3.8, 4) is 0 Å². The highest BCUT2D eigenvalue weighted by Crippen LogP contribution is 2.25. The Hall–Kier alpha value is -0.590. The van der Waals surface area contributed by atoms with Crippen molar-refractivity contribution in [1.29, 1.82) is 0 Å². The van der Waals surface area contributed by atoms with E-state index in [4.69, 9.17) is 0 Å². The standard InChI is InChI=1S/C7H9N/c1-2-7-5-6(1)3-4-8-7/h1-2,4,6-7H,3,5H2. The van der Waals surface area contributed by atoms with Gasteiger partial charge in [0.15, 0.2) is 0 Å². The van der Waals surface area contributed by atoms with E-state index in [1.165, 1.54) is 12.8 Å². The Labute approximate surface area is 49.1 Å². The molecule has 2 aliphatic rings. The smallest absolute Gasteiger partial charge is 0.0681 e. The highest BCUT2D eigenvalue weighted by molar-refractivity contribution is 5.60. The van der Waals surface area contributed by atoms with Crippen molar-refractivity contribution in [3.63, 3.8) is 0 Å². The average molecular weight is 107 g/mol. The summed E-state index contributed by atoms with van der Waals surface area (Å²) in [5.41, 5.74) is 0. The molecular weight excluding hydrogens is 98.1 g/mol. The zero-order valence-electron chi connectivity index (χ0n) is 4.75. The number of allylic oxidation sites excluding steroid dienone is 1. The lowest BCUT2D eigenvalue weighted by Crippen LogP contribution is -2.06. The molecule has 2 unspecified atom stereocenters. The largest absolute Gasteiger partial charge is 0.290 e. The predicted octanol–water partition coefficient (Wildman–Crippen LogP) is 1.41. The summed E-state index contributed by atoms with van der Waals surface area (Å²) < 4.78 is 0. The van der Waals surface area contributed by atoms with Crippen LogP contribution >= 0.6 is 0 Å². The van der Waals surface area contributed by atoms with Gasteiger partial charge in [0.1, 0.15) is 0 Å². The number of hydrogen-bond donors (Lipinski definition) is 0. The van der Waals surface area contributed by atoms with E-state index in [0.29, 0.717) is 6.04 Å². The van der Waals surface area contributed by atoms with E-state index in [9.17, 15) is 0 Å². The fourth-order valence-electron chi connectivity index (χ4n) is 1.37. The summed E-state index contributed by atoms with van der Waals surface area (Å²) >= 11 is 0. The summed E-state index contributed by atoms with van der Waals surface area (Å²) in [6.07, 6.45) is 9.01. The zero-order chi connectivity index (χ0) is 5.40. The molecule has 1 aliphatic heterocycles. The number of fused-ring (bicyclic) bond motifs is 2. The van der Waals surface area contributed by atoms with E-state index in [-0.39, 0.29) is 0 Å². The van der Waals surface area contributed by atoms with Crippen molar-refractivity contribution >= 4 is 6.21 Å². The molecule has 0 radical (unpaired) electrons. The molecule has 42 valence electrons. The number of nitrogens with zero attached hydrogens (tertiary/aromatic N) is 1. The van der Waals surface area contributed by atoms with Crippen molar-refractivity contribution in [3.05, 3.63) is 12.2 Å². The summed E-state index contributed by atoms with van der Waals surface area (Å²) in [7, 11) is 0. The SMILES string of the molecule is C1=CC2CC1CC=N2. The Morgan fingerprint density at radius 3 is 3.12 bits per heavy atom. The molecule has 2 rings (SSSR count). The second-order valence-corrected chi connectivity index (χ2v) is 2.52. The minimum absolute atomic E-state index is 0.550. The Morgan fingerprint density at radius 1 is 1.38 bits per heavy atom. The summed E-state index contributed by atoms with van der Waals surface area (Å²) in [4.78, 5) is 4.28. The van der Waals surface area contributed by atoms with Crippen molar-refractivity contribution < 1.29 is 0 Å². The topological polar surface area (TPSA) is 12.4 Å². The van der Waals surface area contributed by atoms with Gasteiger partial charge in [0.05, 0.1) is 6.04 Å². The normalized spacial score (nSPS) is 41.0. The molecular formula is C7H9N. The Kier molecular flexibility index (Phi) is 0.775. The molecule has 0 aromatic carbocycles. The third kappa shape index (κ3) is 0.507. The summed E-state index contributed by atoms with van der Waals surface area (Å²) in [6.45, 7) is 0. The third-order valence-electron chi connectivity index (χ3n) is 1.85. The highest BCUT2D eigenvalue weighted by atomic mass is 14.8. The van der Waals surface area contributed by atoms with Crippen LogP contribution < -0.4 is 0 Å². The third-order valence-corrected chi connectivity index (χ3v) is 1.85. The fraction of sp³-hybridized carbons (Fsp3) is 0.571. The molecule has 0 aromatic rings. The molecule has 2 atom stereocenters. The first-order chi connectivity index (χ1) is 3.95. The van der Waals surface area contributed by atoms with Gasteiger partial charge in [-0.15, -0.1) is 0 Å². The van der Waals surface area contributed by atoms with Gasteiger partial charge < -0.3 is 0 Å². The molecule has 1 aliphatic carbocycles. The van der Waals surface area contributed by atoms with Gasteiger partial charge in [0, 0.05) is 0 Å². The van der Waals surface area contributed by atoms with Crippen LogP contribution in [0.3, 0.4) is 0 Å². The van der Waals surface area contributed by atoms with Gasteiger partial charge >= 0.3 is 0 Å². The second kappa shape index (κ2) is 1.44. The van der Waals surface area contributed by atoms with Crippen molar-refractivity contribution in [2.45, 2.75) is 18.9 Å². The van der Waals surface area contributed by atoms with Crippen LogP contribution in [-0.2, 0) is 0 Å². The first-order valence-corrected chi connectivity index (χ1v) is 3.15. The van der Waals surface area contributed by atoms with Crippen LogP contribution in [0.25, 0.3) is 0 Å². The Morgan fingerprint density at radius 2 is 2.38 bits per heavy atom. The van der Waals surface area contributed by atoms with Gasteiger partial charge in [-0.3, -0.25) is 4.99 Å². The number of hydrogen-bond acceptors (Lipinski definition) is 1. The summed E-state index contributed by atoms with van der Waals surface area (Å²) in [6, 6.07) is 0.550. The van der Waals surface area contributed by atoms with Crippen LogP contribution in [0, 0.1) is 5.92 Å². The molecule has 0 aromatic heterocycles. The van der Waals surface area contributed by atoms with Crippen LogP contribution in [0.15, 0.2) is 17.1 Å². The van der Waals surface area contributed by atoms with E-state index in [0.717, 1.165) is 5.92 Å². The van der Waals surface area contributed by atoms with E-state index in [1.54, 1.807) is 0 Å². The van der Waals surface area contributed by atoms with Gasteiger partial charge in [-0.1, -0.05) is 12.2 Å².